The van der Waals surface area contributed by atoms with Crippen molar-refractivity contribution >= 4 is 5.69 Å². The van der Waals surface area contributed by atoms with Crippen molar-refractivity contribution in [2.24, 2.45) is 0 Å². The monoisotopic (exact) mass is 315 g/mol. The summed E-state index contributed by atoms with van der Waals surface area (Å²) in [6, 6.07) is 5.54. The van der Waals surface area contributed by atoms with Gasteiger partial charge in [0.2, 0.25) is 0 Å². The van der Waals surface area contributed by atoms with Crippen molar-refractivity contribution in [2.45, 2.75) is 30.7 Å². The molecule has 9 nitrogen and oxygen atoms in total. The van der Waals surface area contributed by atoms with Crippen LogP contribution in [0.2, 0.25) is 0 Å². The SMILES string of the molecule is O=[N+]([O-])c1cccc(C2O[C@H]([C@H](O)CO)[C@@H]([C@@H](O)CO)O2)c1. The number of hydrogen-bond acceptors (Lipinski definition) is 8. The molecule has 1 aromatic rings. The topological polar surface area (TPSA) is 143 Å². The van der Waals surface area contributed by atoms with E-state index in [1.165, 1.54) is 24.3 Å². The Morgan fingerprint density at radius 1 is 1.14 bits per heavy atom. The predicted octanol–water partition coefficient (Wildman–Crippen LogP) is -0.916. The smallest absolute Gasteiger partial charge is 0.269 e. The minimum Gasteiger partial charge on any atom is -0.394 e. The molecule has 0 spiro atoms. The highest BCUT2D eigenvalue weighted by atomic mass is 16.7. The van der Waals surface area contributed by atoms with E-state index in [2.05, 4.69) is 0 Å². The Morgan fingerprint density at radius 2 is 1.68 bits per heavy atom. The third-order valence-electron chi connectivity index (χ3n) is 3.37. The molecule has 0 aliphatic carbocycles. The van der Waals surface area contributed by atoms with Crippen molar-refractivity contribution in [1.82, 2.24) is 0 Å². The largest absolute Gasteiger partial charge is 0.394 e. The fourth-order valence-electron chi connectivity index (χ4n) is 2.24. The summed E-state index contributed by atoms with van der Waals surface area (Å²) < 4.78 is 10.9. The van der Waals surface area contributed by atoms with Gasteiger partial charge in [-0.25, -0.2) is 0 Å². The molecule has 2 rings (SSSR count). The van der Waals surface area contributed by atoms with E-state index in [9.17, 15) is 20.3 Å². The highest BCUT2D eigenvalue weighted by Gasteiger charge is 2.44. The quantitative estimate of drug-likeness (QED) is 0.390. The highest BCUT2D eigenvalue weighted by Crippen LogP contribution is 2.35. The standard InChI is InChI=1S/C13H17NO8/c15-5-9(17)11-12(10(18)6-16)22-13(21-11)7-2-1-3-8(4-7)14(19)20/h1-4,9-13,15-18H,5-6H2/t9-,10+,11-,12-,13?/m1/s1. The van der Waals surface area contributed by atoms with Gasteiger partial charge in [-0.1, -0.05) is 12.1 Å². The van der Waals surface area contributed by atoms with Crippen molar-refractivity contribution in [2.75, 3.05) is 13.2 Å². The van der Waals surface area contributed by atoms with Crippen molar-refractivity contribution in [3.63, 3.8) is 0 Å². The summed E-state index contributed by atoms with van der Waals surface area (Å²) in [6.07, 6.45) is -5.85. The van der Waals surface area contributed by atoms with Crippen LogP contribution in [0.15, 0.2) is 24.3 Å². The molecule has 1 aliphatic heterocycles. The second-order valence-corrected chi connectivity index (χ2v) is 4.89. The van der Waals surface area contributed by atoms with Gasteiger partial charge in [0.15, 0.2) is 6.29 Å². The number of hydrogen-bond donors (Lipinski definition) is 4. The van der Waals surface area contributed by atoms with E-state index in [-0.39, 0.29) is 5.69 Å². The number of nitro groups is 1. The minimum absolute atomic E-state index is 0.157. The van der Waals surface area contributed by atoms with Crippen LogP contribution >= 0.6 is 0 Å². The molecule has 122 valence electrons. The number of nitro benzene ring substituents is 1. The Morgan fingerprint density at radius 3 is 2.14 bits per heavy atom. The normalized spacial score (nSPS) is 27.5. The number of benzene rings is 1. The van der Waals surface area contributed by atoms with Gasteiger partial charge in [-0.05, 0) is 0 Å². The van der Waals surface area contributed by atoms with Crippen molar-refractivity contribution in [1.29, 1.82) is 0 Å². The van der Waals surface area contributed by atoms with E-state index in [4.69, 9.17) is 19.7 Å². The Bertz CT molecular complexity index is 507. The maximum absolute atomic E-state index is 10.8. The summed E-state index contributed by atoms with van der Waals surface area (Å²) in [5, 5.41) is 48.3. The van der Waals surface area contributed by atoms with E-state index in [0.29, 0.717) is 5.56 Å². The first kappa shape index (κ1) is 16.7. The van der Waals surface area contributed by atoms with Gasteiger partial charge in [-0.3, -0.25) is 10.1 Å². The molecule has 4 N–H and O–H groups in total. The van der Waals surface area contributed by atoms with Gasteiger partial charge in [0.1, 0.15) is 24.4 Å². The number of nitrogens with zero attached hydrogens (tertiary/aromatic N) is 1. The lowest BCUT2D eigenvalue weighted by Crippen LogP contribution is -2.45. The number of aliphatic hydroxyl groups is 4. The zero-order chi connectivity index (χ0) is 16.3. The van der Waals surface area contributed by atoms with E-state index < -0.39 is 48.8 Å². The van der Waals surface area contributed by atoms with Crippen LogP contribution in [0.5, 0.6) is 0 Å². The van der Waals surface area contributed by atoms with Gasteiger partial charge in [0, 0.05) is 17.7 Å². The molecule has 0 saturated carbocycles. The van der Waals surface area contributed by atoms with Gasteiger partial charge in [-0.2, -0.15) is 0 Å². The number of rotatable bonds is 6. The van der Waals surface area contributed by atoms with Crippen molar-refractivity contribution < 1.29 is 34.8 Å². The summed E-state index contributed by atoms with van der Waals surface area (Å²) in [4.78, 5) is 10.2. The van der Waals surface area contributed by atoms with Crippen LogP contribution in [0.4, 0.5) is 5.69 Å². The fourth-order valence-corrected chi connectivity index (χ4v) is 2.24. The summed E-state index contributed by atoms with van der Waals surface area (Å²) in [5.74, 6) is 0. The van der Waals surface area contributed by atoms with Crippen molar-refractivity contribution in [3.8, 4) is 0 Å². The van der Waals surface area contributed by atoms with Gasteiger partial charge in [-0.15, -0.1) is 0 Å². The van der Waals surface area contributed by atoms with E-state index in [1.54, 1.807) is 0 Å². The van der Waals surface area contributed by atoms with Crippen molar-refractivity contribution in [3.05, 3.63) is 39.9 Å². The lowest BCUT2D eigenvalue weighted by Gasteiger charge is -2.23. The van der Waals surface area contributed by atoms with Crippen LogP contribution in [0.3, 0.4) is 0 Å². The Labute approximate surface area is 125 Å². The van der Waals surface area contributed by atoms with E-state index in [1.807, 2.05) is 0 Å². The molecule has 1 unspecified atom stereocenters. The highest BCUT2D eigenvalue weighted by molar-refractivity contribution is 5.35. The van der Waals surface area contributed by atoms with E-state index >= 15 is 0 Å². The maximum atomic E-state index is 10.8. The summed E-state index contributed by atoms with van der Waals surface area (Å²) >= 11 is 0. The lowest BCUT2D eigenvalue weighted by atomic mass is 10.0. The second-order valence-electron chi connectivity index (χ2n) is 4.89. The minimum atomic E-state index is -1.32. The molecule has 1 fully saturated rings. The molecular formula is C13H17NO8. The average Bonchev–Trinajstić information content (AvgIpc) is 2.98. The molecule has 5 atom stereocenters. The Kier molecular flexibility index (Phi) is 5.40. The third-order valence-corrected chi connectivity index (χ3v) is 3.37. The van der Waals surface area contributed by atoms with Crippen LogP contribution in [-0.4, -0.2) is 63.0 Å². The van der Waals surface area contributed by atoms with Crippen LogP contribution in [0.1, 0.15) is 11.9 Å². The van der Waals surface area contributed by atoms with Gasteiger partial charge >= 0.3 is 0 Å². The predicted molar refractivity (Wildman–Crippen MR) is 71.8 cm³/mol. The first-order valence-electron chi connectivity index (χ1n) is 6.61. The first-order valence-corrected chi connectivity index (χ1v) is 6.61. The number of aliphatic hydroxyl groups excluding tert-OH is 4. The fraction of sp³-hybridized carbons (Fsp3) is 0.538. The molecule has 9 heteroatoms. The number of ether oxygens (including phenoxy) is 2. The number of non-ortho nitro benzene ring substituents is 1. The van der Waals surface area contributed by atoms with Gasteiger partial charge < -0.3 is 29.9 Å². The first-order chi connectivity index (χ1) is 10.5. The van der Waals surface area contributed by atoms with Crippen LogP contribution in [0, 0.1) is 10.1 Å². The molecule has 1 aromatic carbocycles. The molecule has 1 aliphatic rings. The molecule has 0 amide bonds. The van der Waals surface area contributed by atoms with E-state index in [0.717, 1.165) is 0 Å². The molecule has 22 heavy (non-hydrogen) atoms. The third kappa shape index (κ3) is 3.40. The molecule has 0 radical (unpaired) electrons. The second kappa shape index (κ2) is 7.09. The lowest BCUT2D eigenvalue weighted by molar-refractivity contribution is -0.385. The van der Waals surface area contributed by atoms with Crippen LogP contribution in [0.25, 0.3) is 0 Å². The molecule has 0 bridgehead atoms. The molecule has 1 saturated heterocycles. The van der Waals surface area contributed by atoms with Gasteiger partial charge in [0.05, 0.1) is 18.1 Å². The molecule has 0 aromatic heterocycles. The maximum Gasteiger partial charge on any atom is 0.269 e. The zero-order valence-corrected chi connectivity index (χ0v) is 11.5. The summed E-state index contributed by atoms with van der Waals surface area (Å²) in [6.45, 7) is -1.24. The average molecular weight is 315 g/mol. The molecular weight excluding hydrogens is 298 g/mol. The zero-order valence-electron chi connectivity index (χ0n) is 11.5. The molecule has 1 heterocycles. The van der Waals surface area contributed by atoms with Crippen LogP contribution in [-0.2, 0) is 9.47 Å². The Balaban J connectivity index is 2.23. The summed E-state index contributed by atoms with van der Waals surface area (Å²) in [5.41, 5.74) is 0.173. The summed E-state index contributed by atoms with van der Waals surface area (Å²) in [7, 11) is 0. The van der Waals surface area contributed by atoms with Gasteiger partial charge in [0.25, 0.3) is 5.69 Å². The Hall–Kier alpha value is -1.62. The van der Waals surface area contributed by atoms with Crippen LogP contribution < -0.4 is 0 Å².